The SMILES string of the molecule is CN(C)C(=O)O[C@H]1/C=C/COC(C)(C)/C([O-])=N/S(=O)(=O)c2ccc3c(c2)N(C[C@@H]2CC[C@H]21)C[C@@]1(CCCc2cc(Cl)ccc21)CO3. The van der Waals surface area contributed by atoms with Crippen molar-refractivity contribution in [1.29, 1.82) is 0 Å². The predicted molar refractivity (Wildman–Crippen MR) is 174 cm³/mol. The van der Waals surface area contributed by atoms with Gasteiger partial charge in [0, 0.05) is 49.4 Å². The summed E-state index contributed by atoms with van der Waals surface area (Å²) in [6.07, 6.45) is 7.18. The second kappa shape index (κ2) is 12.4. The number of aryl methyl sites for hydroxylation is 1. The maximum absolute atomic E-state index is 13.5. The highest BCUT2D eigenvalue weighted by molar-refractivity contribution is 7.90. The van der Waals surface area contributed by atoms with Gasteiger partial charge in [-0.2, -0.15) is 12.8 Å². The highest BCUT2D eigenvalue weighted by Crippen LogP contribution is 2.47. The third kappa shape index (κ3) is 6.33. The fraction of sp³-hybridized carbons (Fsp3) is 0.529. The van der Waals surface area contributed by atoms with Crippen LogP contribution in [0.2, 0.25) is 5.02 Å². The van der Waals surface area contributed by atoms with Crippen molar-refractivity contribution in [2.45, 2.75) is 68.0 Å². The third-order valence-corrected chi connectivity index (χ3v) is 11.3. The van der Waals surface area contributed by atoms with Crippen LogP contribution in [0.5, 0.6) is 5.75 Å². The van der Waals surface area contributed by atoms with Gasteiger partial charge in [0.15, 0.2) is 0 Å². The molecule has 1 saturated carbocycles. The Balaban J connectivity index is 1.46. The molecule has 46 heavy (non-hydrogen) atoms. The molecule has 6 rings (SSSR count). The van der Waals surface area contributed by atoms with Crippen molar-refractivity contribution in [3.63, 3.8) is 0 Å². The first kappa shape index (κ1) is 32.7. The molecule has 1 amide bonds. The molecular formula is C34H41ClN3O7S-. The van der Waals surface area contributed by atoms with Crippen LogP contribution in [0.15, 0.2) is 57.8 Å². The van der Waals surface area contributed by atoms with Crippen molar-refractivity contribution in [2.24, 2.45) is 16.2 Å². The number of anilines is 1. The molecule has 10 nitrogen and oxygen atoms in total. The van der Waals surface area contributed by atoms with Gasteiger partial charge in [-0.15, -0.1) is 0 Å². The van der Waals surface area contributed by atoms with Crippen LogP contribution in [0.4, 0.5) is 10.5 Å². The van der Waals surface area contributed by atoms with E-state index >= 15 is 0 Å². The van der Waals surface area contributed by atoms with Gasteiger partial charge in [0.1, 0.15) is 11.9 Å². The Morgan fingerprint density at radius 3 is 2.72 bits per heavy atom. The molecule has 1 fully saturated rings. The molecule has 4 atom stereocenters. The zero-order valence-electron chi connectivity index (χ0n) is 26.7. The minimum Gasteiger partial charge on any atom is -0.859 e. The van der Waals surface area contributed by atoms with Crippen molar-refractivity contribution in [3.05, 3.63) is 64.7 Å². The van der Waals surface area contributed by atoms with E-state index in [0.29, 0.717) is 36.2 Å². The Morgan fingerprint density at radius 1 is 1.17 bits per heavy atom. The molecule has 0 saturated heterocycles. The summed E-state index contributed by atoms with van der Waals surface area (Å²) in [5, 5.41) is 13.8. The lowest BCUT2D eigenvalue weighted by molar-refractivity contribution is -0.238. The Morgan fingerprint density at radius 2 is 1.98 bits per heavy atom. The first-order valence-electron chi connectivity index (χ1n) is 15.8. The zero-order valence-corrected chi connectivity index (χ0v) is 28.3. The van der Waals surface area contributed by atoms with Crippen LogP contribution in [0, 0.1) is 11.8 Å². The first-order valence-corrected chi connectivity index (χ1v) is 17.6. The van der Waals surface area contributed by atoms with Crippen LogP contribution in [-0.2, 0) is 31.3 Å². The summed E-state index contributed by atoms with van der Waals surface area (Å²) in [6, 6.07) is 10.7. The van der Waals surface area contributed by atoms with E-state index in [2.05, 4.69) is 15.4 Å². The van der Waals surface area contributed by atoms with Crippen LogP contribution < -0.4 is 14.7 Å². The van der Waals surface area contributed by atoms with Gasteiger partial charge in [-0.05, 0) is 99.4 Å². The number of sulfonamides is 1. The molecular weight excluding hydrogens is 630 g/mol. The number of ether oxygens (including phenoxy) is 3. The molecule has 12 heteroatoms. The number of halogens is 1. The van der Waals surface area contributed by atoms with Gasteiger partial charge < -0.3 is 29.1 Å². The maximum atomic E-state index is 13.5. The summed E-state index contributed by atoms with van der Waals surface area (Å²) in [7, 11) is -1.06. The highest BCUT2D eigenvalue weighted by Gasteiger charge is 2.45. The van der Waals surface area contributed by atoms with E-state index in [4.69, 9.17) is 25.8 Å². The topological polar surface area (TPSA) is 121 Å². The number of hydrogen-bond acceptors (Lipinski definition) is 8. The van der Waals surface area contributed by atoms with Crippen molar-refractivity contribution in [1.82, 2.24) is 4.90 Å². The number of amides is 1. The van der Waals surface area contributed by atoms with Gasteiger partial charge >= 0.3 is 6.09 Å². The minimum atomic E-state index is -4.35. The Kier molecular flexibility index (Phi) is 8.80. The zero-order chi connectivity index (χ0) is 32.9. The summed E-state index contributed by atoms with van der Waals surface area (Å²) in [4.78, 5) is 16.3. The summed E-state index contributed by atoms with van der Waals surface area (Å²) in [6.45, 7) is 4.59. The molecule has 0 aromatic heterocycles. The van der Waals surface area contributed by atoms with Gasteiger partial charge in [-0.1, -0.05) is 23.7 Å². The van der Waals surface area contributed by atoms with Crippen LogP contribution in [-0.4, -0.2) is 77.4 Å². The third-order valence-electron chi connectivity index (χ3n) is 9.85. The fourth-order valence-corrected chi connectivity index (χ4v) is 8.30. The lowest BCUT2D eigenvalue weighted by Gasteiger charge is -2.46. The van der Waals surface area contributed by atoms with Crippen molar-refractivity contribution < 1.29 is 32.5 Å². The second-order valence-corrected chi connectivity index (χ2v) is 15.6. The molecule has 248 valence electrons. The quantitative estimate of drug-likeness (QED) is 0.400. The monoisotopic (exact) mass is 670 g/mol. The van der Waals surface area contributed by atoms with Gasteiger partial charge in [0.2, 0.25) is 0 Å². The molecule has 2 aromatic carbocycles. The smallest absolute Gasteiger partial charge is 0.409 e. The Hall–Kier alpha value is -3.28. The number of fused-ring (bicyclic) bond motifs is 4. The van der Waals surface area contributed by atoms with Gasteiger partial charge in [-0.25, -0.2) is 4.79 Å². The molecule has 2 bridgehead atoms. The average molecular weight is 671 g/mol. The van der Waals surface area contributed by atoms with E-state index in [-0.39, 0.29) is 28.8 Å². The van der Waals surface area contributed by atoms with E-state index in [0.717, 1.165) is 32.1 Å². The van der Waals surface area contributed by atoms with E-state index in [1.165, 1.54) is 35.9 Å². The molecule has 0 radical (unpaired) electrons. The van der Waals surface area contributed by atoms with Crippen LogP contribution in [0.3, 0.4) is 0 Å². The highest BCUT2D eigenvalue weighted by atomic mass is 35.5. The van der Waals surface area contributed by atoms with Gasteiger partial charge in [-0.3, -0.25) is 0 Å². The number of carbonyl (C=O) groups excluding carboxylic acids is 1. The number of hydrogen-bond donors (Lipinski definition) is 0. The van der Waals surface area contributed by atoms with E-state index in [1.54, 1.807) is 32.3 Å². The van der Waals surface area contributed by atoms with Crippen molar-refractivity contribution in [2.75, 3.05) is 45.3 Å². The summed E-state index contributed by atoms with van der Waals surface area (Å²) < 4.78 is 48.9. The number of nitrogens with zero attached hydrogens (tertiary/aromatic N) is 3. The number of benzene rings is 2. The van der Waals surface area contributed by atoms with Gasteiger partial charge in [0.25, 0.3) is 10.0 Å². The van der Waals surface area contributed by atoms with Crippen molar-refractivity contribution >= 4 is 39.3 Å². The first-order chi connectivity index (χ1) is 21.8. The molecule has 2 aromatic rings. The standard InChI is InChI=1S/C34H42ClN3O7S/c1-33(2)31(39)36-46(41,42)25-11-14-30-28(18-25)38(20-34(21-43-30)15-5-7-22-17-24(35)10-13-27(22)34)19-23-9-12-26(23)29(8-6-16-44-33)45-32(40)37(3)4/h6,8,10-11,13-14,17-18,23,26,29H,5,7,9,12,15-16,19-21H2,1-4H3,(H,36,39)/p-1/b8-6+/t23-,26+,29-,34-/m0/s1. The lowest BCUT2D eigenvalue weighted by atomic mass is 9.68. The summed E-state index contributed by atoms with van der Waals surface area (Å²) in [5.74, 6) is -0.162. The molecule has 1 spiro atoms. The summed E-state index contributed by atoms with van der Waals surface area (Å²) in [5.41, 5.74) is 1.18. The average Bonchev–Trinajstić information content (AvgIpc) is 3.13. The number of rotatable bonds is 1. The van der Waals surface area contributed by atoms with Crippen LogP contribution >= 0.6 is 11.6 Å². The number of carbonyl (C=O) groups is 1. The van der Waals surface area contributed by atoms with Crippen LogP contribution in [0.1, 0.15) is 50.7 Å². The second-order valence-electron chi connectivity index (χ2n) is 13.6. The minimum absolute atomic E-state index is 0.00988. The molecule has 0 N–H and O–H groups in total. The van der Waals surface area contributed by atoms with Gasteiger partial charge in [0.05, 0.1) is 29.4 Å². The largest absolute Gasteiger partial charge is 0.859 e. The molecule has 2 aliphatic carbocycles. The maximum Gasteiger partial charge on any atom is 0.409 e. The Labute approximate surface area is 276 Å². The normalized spacial score (nSPS) is 30.2. The van der Waals surface area contributed by atoms with Crippen molar-refractivity contribution in [3.8, 4) is 5.75 Å². The molecule has 2 heterocycles. The fourth-order valence-electron chi connectivity index (χ4n) is 7.06. The summed E-state index contributed by atoms with van der Waals surface area (Å²) >= 11 is 6.40. The van der Waals surface area contributed by atoms with E-state index in [9.17, 15) is 18.3 Å². The predicted octanol–water partition coefficient (Wildman–Crippen LogP) is 4.72. The Bertz CT molecular complexity index is 1670. The molecule has 4 aliphatic rings. The molecule has 0 unspecified atom stereocenters. The van der Waals surface area contributed by atoms with Crippen LogP contribution in [0.25, 0.3) is 0 Å². The van der Waals surface area contributed by atoms with E-state index in [1.807, 2.05) is 18.2 Å². The van der Waals surface area contributed by atoms with E-state index < -0.39 is 33.7 Å². The molecule has 2 aliphatic heterocycles. The lowest BCUT2D eigenvalue weighted by Crippen LogP contribution is -2.50.